The van der Waals surface area contributed by atoms with Gasteiger partial charge in [0.1, 0.15) is 5.75 Å². The Labute approximate surface area is 107 Å². The summed E-state index contributed by atoms with van der Waals surface area (Å²) >= 11 is 11.4. The summed E-state index contributed by atoms with van der Waals surface area (Å²) < 4.78 is 10.0. The smallest absolute Gasteiger partial charge is 0.374 e. The highest BCUT2D eigenvalue weighted by atomic mass is 35.5. The summed E-state index contributed by atoms with van der Waals surface area (Å²) in [6.07, 6.45) is 0. The third-order valence-electron chi connectivity index (χ3n) is 2.08. The van der Waals surface area contributed by atoms with Gasteiger partial charge in [0.05, 0.1) is 7.11 Å². The molecule has 0 N–H and O–H groups in total. The summed E-state index contributed by atoms with van der Waals surface area (Å²) in [5.74, 6) is 0.788. The van der Waals surface area contributed by atoms with E-state index < -0.39 is 5.63 Å². The maximum atomic E-state index is 11.3. The van der Waals surface area contributed by atoms with E-state index in [1.54, 1.807) is 24.3 Å². The molecule has 0 bridgehead atoms. The van der Waals surface area contributed by atoms with Crippen LogP contribution in [0, 0.1) is 0 Å². The molecule has 0 aliphatic heterocycles. The number of ether oxygens (including phenoxy) is 1. The van der Waals surface area contributed by atoms with Crippen molar-refractivity contribution in [3.63, 3.8) is 0 Å². The SMILES string of the molecule is COc1cccc(-c2oc(=O)c(Cl)nc2Cl)c1. The van der Waals surface area contributed by atoms with Gasteiger partial charge in [-0.15, -0.1) is 0 Å². The van der Waals surface area contributed by atoms with Crippen LogP contribution < -0.4 is 10.4 Å². The molecule has 0 unspecified atom stereocenters. The number of rotatable bonds is 2. The van der Waals surface area contributed by atoms with E-state index in [4.69, 9.17) is 32.4 Å². The molecule has 0 fully saturated rings. The summed E-state index contributed by atoms with van der Waals surface area (Å²) in [6, 6.07) is 6.92. The van der Waals surface area contributed by atoms with Crippen LogP contribution >= 0.6 is 23.2 Å². The molecular weight excluding hydrogens is 265 g/mol. The van der Waals surface area contributed by atoms with Gasteiger partial charge in [0.2, 0.25) is 5.15 Å². The van der Waals surface area contributed by atoms with Crippen LogP contribution in [-0.2, 0) is 0 Å². The van der Waals surface area contributed by atoms with E-state index in [9.17, 15) is 4.79 Å². The highest BCUT2D eigenvalue weighted by Crippen LogP contribution is 2.28. The van der Waals surface area contributed by atoms with E-state index in [0.717, 1.165) is 0 Å². The minimum Gasteiger partial charge on any atom is -0.497 e. The van der Waals surface area contributed by atoms with Crippen LogP contribution in [0.2, 0.25) is 10.3 Å². The lowest BCUT2D eigenvalue weighted by molar-refractivity contribution is 0.414. The number of hydrogen-bond acceptors (Lipinski definition) is 4. The van der Waals surface area contributed by atoms with Crippen LogP contribution in [0.5, 0.6) is 5.75 Å². The van der Waals surface area contributed by atoms with Crippen LogP contribution in [-0.4, -0.2) is 12.1 Å². The van der Waals surface area contributed by atoms with Gasteiger partial charge in [-0.05, 0) is 12.1 Å². The van der Waals surface area contributed by atoms with Crippen LogP contribution in [0.15, 0.2) is 33.5 Å². The zero-order chi connectivity index (χ0) is 12.4. The van der Waals surface area contributed by atoms with Crippen molar-refractivity contribution in [2.45, 2.75) is 0 Å². The van der Waals surface area contributed by atoms with E-state index in [0.29, 0.717) is 11.3 Å². The standard InChI is InChI=1S/C11H7Cl2NO3/c1-16-7-4-2-3-6(5-7)8-9(12)14-10(13)11(15)17-8/h2-5H,1H3. The zero-order valence-electron chi connectivity index (χ0n) is 8.74. The predicted molar refractivity (Wildman–Crippen MR) is 64.8 cm³/mol. The molecule has 0 atom stereocenters. The quantitative estimate of drug-likeness (QED) is 0.843. The summed E-state index contributed by atoms with van der Waals surface area (Å²) in [4.78, 5) is 15.0. The Morgan fingerprint density at radius 1 is 1.29 bits per heavy atom. The molecule has 0 spiro atoms. The first-order chi connectivity index (χ1) is 8.11. The van der Waals surface area contributed by atoms with Gasteiger partial charge in [-0.3, -0.25) is 0 Å². The third-order valence-corrected chi connectivity index (χ3v) is 2.57. The molecule has 2 aromatic rings. The molecule has 0 aliphatic carbocycles. The molecule has 1 heterocycles. The number of hydrogen-bond donors (Lipinski definition) is 0. The van der Waals surface area contributed by atoms with Crippen LogP contribution in [0.1, 0.15) is 0 Å². The monoisotopic (exact) mass is 271 g/mol. The first-order valence-electron chi connectivity index (χ1n) is 4.62. The summed E-state index contributed by atoms with van der Waals surface area (Å²) in [7, 11) is 1.54. The Morgan fingerprint density at radius 3 is 2.76 bits per heavy atom. The molecule has 2 rings (SSSR count). The van der Waals surface area contributed by atoms with Gasteiger partial charge in [-0.1, -0.05) is 35.3 Å². The maximum absolute atomic E-state index is 11.3. The lowest BCUT2D eigenvalue weighted by Gasteiger charge is -2.04. The lowest BCUT2D eigenvalue weighted by Crippen LogP contribution is -2.03. The molecule has 0 aliphatic rings. The van der Waals surface area contributed by atoms with Crippen molar-refractivity contribution in [1.82, 2.24) is 4.98 Å². The Balaban J connectivity index is 2.60. The van der Waals surface area contributed by atoms with E-state index in [1.165, 1.54) is 7.11 Å². The molecule has 4 nitrogen and oxygen atoms in total. The number of methoxy groups -OCH3 is 1. The van der Waals surface area contributed by atoms with Crippen molar-refractivity contribution in [2.75, 3.05) is 7.11 Å². The second-order valence-corrected chi connectivity index (χ2v) is 3.86. The Morgan fingerprint density at radius 2 is 2.06 bits per heavy atom. The first kappa shape index (κ1) is 12.0. The van der Waals surface area contributed by atoms with Crippen LogP contribution in [0.3, 0.4) is 0 Å². The lowest BCUT2D eigenvalue weighted by atomic mass is 10.2. The van der Waals surface area contributed by atoms with Gasteiger partial charge >= 0.3 is 5.63 Å². The van der Waals surface area contributed by atoms with E-state index in [-0.39, 0.29) is 16.1 Å². The summed E-state index contributed by atoms with van der Waals surface area (Å²) in [6.45, 7) is 0. The molecule has 1 aromatic carbocycles. The Hall–Kier alpha value is -1.52. The Bertz CT molecular complexity index is 610. The highest BCUT2D eigenvalue weighted by Gasteiger charge is 2.12. The summed E-state index contributed by atoms with van der Waals surface area (Å²) in [5.41, 5.74) is -0.135. The van der Waals surface area contributed by atoms with Crippen molar-refractivity contribution in [2.24, 2.45) is 0 Å². The molecule has 0 amide bonds. The van der Waals surface area contributed by atoms with Gasteiger partial charge in [-0.25, -0.2) is 9.78 Å². The molecule has 0 saturated heterocycles. The zero-order valence-corrected chi connectivity index (χ0v) is 10.2. The third kappa shape index (κ3) is 2.43. The van der Waals surface area contributed by atoms with E-state index in [1.807, 2.05) is 0 Å². The predicted octanol–water partition coefficient (Wildman–Crippen LogP) is 3.02. The average Bonchev–Trinajstić information content (AvgIpc) is 2.34. The van der Waals surface area contributed by atoms with Gasteiger partial charge in [0.25, 0.3) is 0 Å². The molecule has 88 valence electrons. The van der Waals surface area contributed by atoms with Crippen molar-refractivity contribution < 1.29 is 9.15 Å². The highest BCUT2D eigenvalue weighted by molar-refractivity contribution is 6.33. The van der Waals surface area contributed by atoms with Crippen molar-refractivity contribution in [1.29, 1.82) is 0 Å². The second kappa shape index (κ2) is 4.77. The van der Waals surface area contributed by atoms with Gasteiger partial charge in [0.15, 0.2) is 10.9 Å². The van der Waals surface area contributed by atoms with Gasteiger partial charge < -0.3 is 9.15 Å². The fraction of sp³-hybridized carbons (Fsp3) is 0.0909. The minimum absolute atomic E-state index is 0.0304. The number of aromatic nitrogens is 1. The molecule has 6 heteroatoms. The largest absolute Gasteiger partial charge is 0.497 e. The molecule has 0 radical (unpaired) electrons. The topological polar surface area (TPSA) is 52.3 Å². The normalized spacial score (nSPS) is 10.3. The van der Waals surface area contributed by atoms with Crippen molar-refractivity contribution in [3.8, 4) is 17.1 Å². The minimum atomic E-state index is -0.728. The van der Waals surface area contributed by atoms with Crippen LogP contribution in [0.25, 0.3) is 11.3 Å². The second-order valence-electron chi connectivity index (χ2n) is 3.14. The van der Waals surface area contributed by atoms with E-state index in [2.05, 4.69) is 4.98 Å². The van der Waals surface area contributed by atoms with Crippen LogP contribution in [0.4, 0.5) is 0 Å². The first-order valence-corrected chi connectivity index (χ1v) is 5.38. The average molecular weight is 272 g/mol. The molecule has 1 aromatic heterocycles. The fourth-order valence-electron chi connectivity index (χ4n) is 1.30. The number of nitrogens with zero attached hydrogens (tertiary/aromatic N) is 1. The maximum Gasteiger partial charge on any atom is 0.374 e. The molecular formula is C11H7Cl2NO3. The van der Waals surface area contributed by atoms with Gasteiger partial charge in [-0.2, -0.15) is 0 Å². The summed E-state index contributed by atoms with van der Waals surface area (Å²) in [5, 5.41) is -0.260. The van der Waals surface area contributed by atoms with Gasteiger partial charge in [0, 0.05) is 5.56 Å². The molecule has 0 saturated carbocycles. The number of halogens is 2. The van der Waals surface area contributed by atoms with Crippen molar-refractivity contribution >= 4 is 23.2 Å². The number of benzene rings is 1. The van der Waals surface area contributed by atoms with Crippen molar-refractivity contribution in [3.05, 3.63) is 45.0 Å². The Kier molecular flexibility index (Phi) is 3.36. The fourth-order valence-corrected chi connectivity index (χ4v) is 1.70. The van der Waals surface area contributed by atoms with E-state index >= 15 is 0 Å². The molecule has 17 heavy (non-hydrogen) atoms.